The van der Waals surface area contributed by atoms with Crippen LogP contribution in [0, 0.1) is 0 Å². The number of aliphatic carboxylic acids is 1. The second-order valence-corrected chi connectivity index (χ2v) is 2.54. The lowest BCUT2D eigenvalue weighted by Gasteiger charge is -1.90. The van der Waals surface area contributed by atoms with E-state index in [4.69, 9.17) is 5.11 Å². The summed E-state index contributed by atoms with van der Waals surface area (Å²) in [4.78, 5) is 14.6. The van der Waals surface area contributed by atoms with Gasteiger partial charge in [0, 0.05) is 6.20 Å². The minimum Gasteiger partial charge on any atom is -0.478 e. The normalized spacial score (nSPS) is 9.20. The minimum atomic E-state index is -0.996. The van der Waals surface area contributed by atoms with Crippen molar-refractivity contribution in [1.29, 1.82) is 0 Å². The molecule has 1 rings (SSSR count). The molecule has 0 bridgehead atoms. The molecule has 52 valence electrons. The third kappa shape index (κ3) is 1.22. The molecule has 0 aliphatic carbocycles. The van der Waals surface area contributed by atoms with Gasteiger partial charge >= 0.3 is 5.97 Å². The van der Waals surface area contributed by atoms with Gasteiger partial charge in [-0.25, -0.2) is 4.79 Å². The highest BCUT2D eigenvalue weighted by Gasteiger charge is 2.07. The fourth-order valence-electron chi connectivity index (χ4n) is 0.470. The van der Waals surface area contributed by atoms with E-state index in [0.717, 1.165) is 0 Å². The number of carbonyl (C=O) groups is 1. The van der Waals surface area contributed by atoms with Gasteiger partial charge in [0.15, 0.2) is 0 Å². The summed E-state index contributed by atoms with van der Waals surface area (Å²) in [7, 11) is 0. The van der Waals surface area contributed by atoms with Crippen LogP contribution in [0.25, 0.3) is 5.57 Å². The van der Waals surface area contributed by atoms with Crippen LogP contribution in [-0.4, -0.2) is 16.1 Å². The van der Waals surface area contributed by atoms with Crippen LogP contribution in [0.3, 0.4) is 0 Å². The smallest absolute Gasteiger partial charge is 0.336 e. The Balaban J connectivity index is 2.88. The maximum absolute atomic E-state index is 10.3. The second-order valence-electron chi connectivity index (χ2n) is 1.65. The monoisotopic (exact) mass is 155 g/mol. The Kier molecular flexibility index (Phi) is 1.82. The standard InChI is InChI=1S/C6H5NO2S/c1-4(6(8)9)5-2-7-3-10-5/h2-3H,1H2,(H,8,9). The predicted octanol–water partition coefficient (Wildman–Crippen LogP) is 1.24. The highest BCUT2D eigenvalue weighted by molar-refractivity contribution is 7.11. The van der Waals surface area contributed by atoms with Crippen LogP contribution < -0.4 is 0 Å². The Morgan fingerprint density at radius 2 is 2.50 bits per heavy atom. The third-order valence-corrected chi connectivity index (χ3v) is 1.82. The molecule has 0 fully saturated rings. The molecule has 4 heteroatoms. The van der Waals surface area contributed by atoms with Gasteiger partial charge in [0.2, 0.25) is 0 Å². The summed E-state index contributed by atoms with van der Waals surface area (Å²) in [5.74, 6) is -0.996. The Bertz CT molecular complexity index is 253. The van der Waals surface area contributed by atoms with Crippen LogP contribution in [0.5, 0.6) is 0 Å². The molecule has 0 spiro atoms. The van der Waals surface area contributed by atoms with Crippen molar-refractivity contribution in [2.45, 2.75) is 0 Å². The molecule has 0 radical (unpaired) electrons. The zero-order chi connectivity index (χ0) is 7.56. The zero-order valence-corrected chi connectivity index (χ0v) is 5.89. The van der Waals surface area contributed by atoms with Crippen LogP contribution in [0.2, 0.25) is 0 Å². The van der Waals surface area contributed by atoms with Gasteiger partial charge in [0.25, 0.3) is 0 Å². The second kappa shape index (κ2) is 2.62. The van der Waals surface area contributed by atoms with Gasteiger partial charge in [0.05, 0.1) is 16.0 Å². The summed E-state index contributed by atoms with van der Waals surface area (Å²) in [6, 6.07) is 0. The molecule has 0 aliphatic rings. The van der Waals surface area contributed by atoms with E-state index in [9.17, 15) is 4.79 Å². The molecule has 1 aromatic rings. The maximum atomic E-state index is 10.3. The minimum absolute atomic E-state index is 0.0995. The van der Waals surface area contributed by atoms with Crippen LogP contribution >= 0.6 is 11.3 Å². The first-order valence-electron chi connectivity index (χ1n) is 2.53. The van der Waals surface area contributed by atoms with Gasteiger partial charge in [-0.2, -0.15) is 0 Å². The molecule has 0 saturated carbocycles. The van der Waals surface area contributed by atoms with Gasteiger partial charge < -0.3 is 5.11 Å². The van der Waals surface area contributed by atoms with Crippen molar-refractivity contribution in [3.05, 3.63) is 23.2 Å². The lowest BCUT2D eigenvalue weighted by molar-refractivity contribution is -0.130. The lowest BCUT2D eigenvalue weighted by Crippen LogP contribution is -1.95. The van der Waals surface area contributed by atoms with Gasteiger partial charge in [0.1, 0.15) is 0 Å². The molecule has 0 aromatic carbocycles. The van der Waals surface area contributed by atoms with Crippen molar-refractivity contribution in [1.82, 2.24) is 4.98 Å². The van der Waals surface area contributed by atoms with Crippen molar-refractivity contribution in [2.24, 2.45) is 0 Å². The molecule has 0 unspecified atom stereocenters. The number of thiazole rings is 1. The fraction of sp³-hybridized carbons (Fsp3) is 0. The molecule has 3 nitrogen and oxygen atoms in total. The van der Waals surface area contributed by atoms with E-state index in [1.54, 1.807) is 5.51 Å². The van der Waals surface area contributed by atoms with Crippen molar-refractivity contribution in [3.63, 3.8) is 0 Å². The quantitative estimate of drug-likeness (QED) is 0.654. The highest BCUT2D eigenvalue weighted by atomic mass is 32.1. The Labute approximate surface area is 61.7 Å². The van der Waals surface area contributed by atoms with Gasteiger partial charge in [-0.3, -0.25) is 4.98 Å². The van der Waals surface area contributed by atoms with Crippen molar-refractivity contribution < 1.29 is 9.90 Å². The summed E-state index contributed by atoms with van der Waals surface area (Å²) in [5.41, 5.74) is 1.67. The van der Waals surface area contributed by atoms with E-state index in [1.807, 2.05) is 0 Å². The number of nitrogens with zero attached hydrogens (tertiary/aromatic N) is 1. The molecular formula is C6H5NO2S. The maximum Gasteiger partial charge on any atom is 0.336 e. The molecule has 0 atom stereocenters. The van der Waals surface area contributed by atoms with E-state index >= 15 is 0 Å². The Hall–Kier alpha value is -1.16. The summed E-state index contributed by atoms with van der Waals surface area (Å²) in [6.45, 7) is 3.37. The van der Waals surface area contributed by atoms with Gasteiger partial charge in [-0.15, -0.1) is 11.3 Å². The zero-order valence-electron chi connectivity index (χ0n) is 5.07. The number of hydrogen-bond donors (Lipinski definition) is 1. The topological polar surface area (TPSA) is 50.2 Å². The number of aromatic nitrogens is 1. The number of rotatable bonds is 2. The SMILES string of the molecule is C=C(C(=O)O)c1cncs1. The number of carboxylic acid groups (broad SMARTS) is 1. The van der Waals surface area contributed by atoms with E-state index in [-0.39, 0.29) is 5.57 Å². The van der Waals surface area contributed by atoms with E-state index in [2.05, 4.69) is 11.6 Å². The van der Waals surface area contributed by atoms with E-state index < -0.39 is 5.97 Å². The molecule has 1 N–H and O–H groups in total. The molecule has 0 saturated heterocycles. The van der Waals surface area contributed by atoms with Crippen LogP contribution in [0.1, 0.15) is 4.88 Å². The molecule has 1 aromatic heterocycles. The third-order valence-electron chi connectivity index (χ3n) is 0.988. The van der Waals surface area contributed by atoms with Crippen LogP contribution in [0.4, 0.5) is 0 Å². The number of carboxylic acids is 1. The average molecular weight is 155 g/mol. The fourth-order valence-corrected chi connectivity index (χ4v) is 1.06. The number of hydrogen-bond acceptors (Lipinski definition) is 3. The molecule has 0 aliphatic heterocycles. The van der Waals surface area contributed by atoms with Crippen LogP contribution in [-0.2, 0) is 4.79 Å². The van der Waals surface area contributed by atoms with Gasteiger partial charge in [-0.05, 0) is 0 Å². The van der Waals surface area contributed by atoms with Crippen molar-refractivity contribution >= 4 is 22.9 Å². The van der Waals surface area contributed by atoms with E-state index in [1.165, 1.54) is 17.5 Å². The van der Waals surface area contributed by atoms with Crippen molar-refractivity contribution in [3.8, 4) is 0 Å². The first kappa shape index (κ1) is 6.95. The average Bonchev–Trinajstić information content (AvgIpc) is 2.36. The first-order chi connectivity index (χ1) is 4.72. The summed E-state index contributed by atoms with van der Waals surface area (Å²) in [6.07, 6.45) is 1.49. The highest BCUT2D eigenvalue weighted by Crippen LogP contribution is 2.15. The Morgan fingerprint density at radius 3 is 2.90 bits per heavy atom. The summed E-state index contributed by atoms with van der Waals surface area (Å²) in [5, 5.41) is 8.43. The molecule has 10 heavy (non-hydrogen) atoms. The Morgan fingerprint density at radius 1 is 1.80 bits per heavy atom. The lowest BCUT2D eigenvalue weighted by atomic mass is 10.3. The van der Waals surface area contributed by atoms with Crippen molar-refractivity contribution in [2.75, 3.05) is 0 Å². The first-order valence-corrected chi connectivity index (χ1v) is 3.41. The largest absolute Gasteiger partial charge is 0.478 e. The van der Waals surface area contributed by atoms with E-state index in [0.29, 0.717) is 4.88 Å². The summed E-state index contributed by atoms with van der Waals surface area (Å²) < 4.78 is 0. The molecule has 0 amide bonds. The predicted molar refractivity (Wildman–Crippen MR) is 38.8 cm³/mol. The van der Waals surface area contributed by atoms with Gasteiger partial charge in [-0.1, -0.05) is 6.58 Å². The van der Waals surface area contributed by atoms with Crippen LogP contribution in [0.15, 0.2) is 18.3 Å². The molecule has 1 heterocycles. The molecular weight excluding hydrogens is 150 g/mol. The summed E-state index contributed by atoms with van der Waals surface area (Å²) >= 11 is 1.27.